The molecule has 0 bridgehead atoms. The molecule has 27 heavy (non-hydrogen) atoms. The van der Waals surface area contributed by atoms with Gasteiger partial charge in [-0.25, -0.2) is 4.79 Å². The van der Waals surface area contributed by atoms with E-state index in [0.717, 1.165) is 5.56 Å². The number of benzene rings is 2. The van der Waals surface area contributed by atoms with E-state index >= 15 is 0 Å². The zero-order chi connectivity index (χ0) is 19.5. The van der Waals surface area contributed by atoms with Crippen molar-refractivity contribution in [1.29, 1.82) is 0 Å². The minimum atomic E-state index is -2.85. The summed E-state index contributed by atoms with van der Waals surface area (Å²) in [5.74, 6) is -0.103. The number of rotatable bonds is 9. The van der Waals surface area contributed by atoms with Crippen LogP contribution in [0.25, 0.3) is 0 Å². The molecule has 0 aliphatic carbocycles. The van der Waals surface area contributed by atoms with Gasteiger partial charge < -0.3 is 20.7 Å². The van der Waals surface area contributed by atoms with Crippen molar-refractivity contribution in [3.63, 3.8) is 0 Å². The van der Waals surface area contributed by atoms with Crippen LogP contribution in [0, 0.1) is 0 Å². The third-order valence-corrected chi connectivity index (χ3v) is 3.58. The van der Waals surface area contributed by atoms with E-state index in [1.165, 1.54) is 12.1 Å². The quantitative estimate of drug-likeness (QED) is 0.588. The minimum Gasteiger partial charge on any atom is -0.435 e. The molecule has 0 atom stereocenters. The highest BCUT2D eigenvalue weighted by Gasteiger charge is 2.05. The standard InChI is InChI=1S/C19H21F2N3O3/c20-18(21)27-16-8-6-14(7-9-16)10-11-23-19(26)24-13-12-22-17(25)15-4-2-1-3-5-15/h1-9,18H,10-13H2,(H,22,25)(H2,23,24,26). The van der Waals surface area contributed by atoms with E-state index in [1.54, 1.807) is 36.4 Å². The van der Waals surface area contributed by atoms with Gasteiger partial charge in [0.15, 0.2) is 0 Å². The molecule has 0 saturated heterocycles. The van der Waals surface area contributed by atoms with Crippen LogP contribution in [0.15, 0.2) is 54.6 Å². The first kappa shape index (κ1) is 20.2. The predicted octanol–water partition coefficient (Wildman–Crippen LogP) is 2.56. The molecule has 3 amide bonds. The van der Waals surface area contributed by atoms with Gasteiger partial charge in [-0.05, 0) is 36.2 Å². The molecule has 0 aromatic heterocycles. The van der Waals surface area contributed by atoms with Crippen LogP contribution in [0.4, 0.5) is 13.6 Å². The largest absolute Gasteiger partial charge is 0.435 e. The number of amides is 3. The van der Waals surface area contributed by atoms with Crippen molar-refractivity contribution in [3.8, 4) is 5.75 Å². The smallest absolute Gasteiger partial charge is 0.387 e. The Morgan fingerprint density at radius 1 is 0.852 bits per heavy atom. The number of hydrogen-bond donors (Lipinski definition) is 3. The highest BCUT2D eigenvalue weighted by Crippen LogP contribution is 2.14. The van der Waals surface area contributed by atoms with E-state index in [9.17, 15) is 18.4 Å². The number of halogens is 2. The second-order valence-corrected chi connectivity index (χ2v) is 5.58. The lowest BCUT2D eigenvalue weighted by atomic mass is 10.1. The monoisotopic (exact) mass is 377 g/mol. The van der Waals surface area contributed by atoms with Gasteiger partial charge >= 0.3 is 12.6 Å². The van der Waals surface area contributed by atoms with E-state index in [-0.39, 0.29) is 17.7 Å². The van der Waals surface area contributed by atoms with Crippen molar-refractivity contribution in [2.45, 2.75) is 13.0 Å². The third-order valence-electron chi connectivity index (χ3n) is 3.58. The van der Waals surface area contributed by atoms with Crippen LogP contribution in [0.2, 0.25) is 0 Å². The van der Waals surface area contributed by atoms with Crippen molar-refractivity contribution in [1.82, 2.24) is 16.0 Å². The summed E-state index contributed by atoms with van der Waals surface area (Å²) >= 11 is 0. The minimum absolute atomic E-state index is 0.0944. The Hall–Kier alpha value is -3.16. The Bertz CT molecular complexity index is 725. The highest BCUT2D eigenvalue weighted by atomic mass is 19.3. The van der Waals surface area contributed by atoms with Gasteiger partial charge in [-0.2, -0.15) is 8.78 Å². The van der Waals surface area contributed by atoms with Crippen LogP contribution in [0.5, 0.6) is 5.75 Å². The summed E-state index contributed by atoms with van der Waals surface area (Å²) in [5, 5.41) is 8.03. The Morgan fingerprint density at radius 3 is 2.15 bits per heavy atom. The molecule has 0 aliphatic heterocycles. The Kier molecular flexibility index (Phi) is 8.02. The number of ether oxygens (including phenoxy) is 1. The van der Waals surface area contributed by atoms with Gasteiger partial charge in [-0.1, -0.05) is 30.3 Å². The number of carbonyl (C=O) groups excluding carboxylic acids is 2. The van der Waals surface area contributed by atoms with Crippen LogP contribution in [-0.4, -0.2) is 38.2 Å². The first-order valence-electron chi connectivity index (χ1n) is 8.43. The first-order valence-corrected chi connectivity index (χ1v) is 8.43. The number of hydrogen-bond acceptors (Lipinski definition) is 3. The normalized spacial score (nSPS) is 10.3. The lowest BCUT2D eigenvalue weighted by molar-refractivity contribution is -0.0498. The van der Waals surface area contributed by atoms with Gasteiger partial charge in [-0.15, -0.1) is 0 Å². The van der Waals surface area contributed by atoms with Crippen molar-refractivity contribution < 1.29 is 23.1 Å². The van der Waals surface area contributed by atoms with E-state index in [0.29, 0.717) is 31.6 Å². The van der Waals surface area contributed by atoms with Crippen LogP contribution >= 0.6 is 0 Å². The fourth-order valence-electron chi connectivity index (χ4n) is 2.26. The average Bonchev–Trinajstić information content (AvgIpc) is 2.67. The molecule has 0 heterocycles. The fourth-order valence-corrected chi connectivity index (χ4v) is 2.26. The van der Waals surface area contributed by atoms with Gasteiger partial charge in [0.05, 0.1) is 0 Å². The van der Waals surface area contributed by atoms with Gasteiger partial charge in [0.2, 0.25) is 0 Å². The molecule has 2 aromatic carbocycles. The summed E-state index contributed by atoms with van der Waals surface area (Å²) in [4.78, 5) is 23.5. The molecule has 2 aromatic rings. The Morgan fingerprint density at radius 2 is 1.48 bits per heavy atom. The summed E-state index contributed by atoms with van der Waals surface area (Å²) in [6.07, 6.45) is 0.549. The van der Waals surface area contributed by atoms with Gasteiger partial charge in [0.25, 0.3) is 5.91 Å². The summed E-state index contributed by atoms with van der Waals surface area (Å²) in [7, 11) is 0. The molecule has 0 radical (unpaired) electrons. The zero-order valence-electron chi connectivity index (χ0n) is 14.6. The van der Waals surface area contributed by atoms with E-state index in [4.69, 9.17) is 0 Å². The van der Waals surface area contributed by atoms with Crippen LogP contribution in [0.1, 0.15) is 15.9 Å². The fraction of sp³-hybridized carbons (Fsp3) is 0.263. The van der Waals surface area contributed by atoms with Crippen molar-refractivity contribution in [2.75, 3.05) is 19.6 Å². The number of carbonyl (C=O) groups is 2. The number of urea groups is 1. The molecular formula is C19H21F2N3O3. The summed E-state index contributed by atoms with van der Waals surface area (Å²) in [6.45, 7) is -1.85. The molecule has 3 N–H and O–H groups in total. The second-order valence-electron chi connectivity index (χ2n) is 5.58. The van der Waals surface area contributed by atoms with Gasteiger partial charge in [0.1, 0.15) is 5.75 Å². The maximum atomic E-state index is 12.1. The molecule has 6 nitrogen and oxygen atoms in total. The molecule has 144 valence electrons. The van der Waals surface area contributed by atoms with E-state index in [1.807, 2.05) is 6.07 Å². The molecule has 0 spiro atoms. The third kappa shape index (κ3) is 7.72. The first-order chi connectivity index (χ1) is 13.0. The SMILES string of the molecule is O=C(NCCNC(=O)c1ccccc1)NCCc1ccc(OC(F)F)cc1. The maximum absolute atomic E-state index is 12.1. The lowest BCUT2D eigenvalue weighted by Crippen LogP contribution is -2.40. The topological polar surface area (TPSA) is 79.5 Å². The van der Waals surface area contributed by atoms with Crippen molar-refractivity contribution in [3.05, 3.63) is 65.7 Å². The summed E-state index contributed by atoms with van der Waals surface area (Å²) in [6, 6.07) is 14.7. The lowest BCUT2D eigenvalue weighted by Gasteiger charge is -2.09. The molecule has 0 aliphatic rings. The van der Waals surface area contributed by atoms with E-state index < -0.39 is 6.61 Å². The number of alkyl halides is 2. The molecule has 2 rings (SSSR count). The van der Waals surface area contributed by atoms with Gasteiger partial charge in [-0.3, -0.25) is 4.79 Å². The van der Waals surface area contributed by atoms with Crippen molar-refractivity contribution >= 4 is 11.9 Å². The maximum Gasteiger partial charge on any atom is 0.387 e. The Balaban J connectivity index is 1.57. The Labute approximate surface area is 155 Å². The van der Waals surface area contributed by atoms with Gasteiger partial charge in [0, 0.05) is 25.2 Å². The summed E-state index contributed by atoms with van der Waals surface area (Å²) in [5.41, 5.74) is 1.44. The van der Waals surface area contributed by atoms with Crippen LogP contribution in [0.3, 0.4) is 0 Å². The van der Waals surface area contributed by atoms with Crippen LogP contribution < -0.4 is 20.7 Å². The molecule has 8 heteroatoms. The number of nitrogens with one attached hydrogen (secondary N) is 3. The second kappa shape index (κ2) is 10.7. The molecular weight excluding hydrogens is 356 g/mol. The zero-order valence-corrected chi connectivity index (χ0v) is 14.6. The predicted molar refractivity (Wildman–Crippen MR) is 97.0 cm³/mol. The molecule has 0 saturated carbocycles. The average molecular weight is 377 g/mol. The van der Waals surface area contributed by atoms with E-state index in [2.05, 4.69) is 20.7 Å². The van der Waals surface area contributed by atoms with Crippen molar-refractivity contribution in [2.24, 2.45) is 0 Å². The molecule has 0 fully saturated rings. The highest BCUT2D eigenvalue weighted by molar-refractivity contribution is 5.94. The summed E-state index contributed by atoms with van der Waals surface area (Å²) < 4.78 is 28.4. The molecule has 0 unspecified atom stereocenters. The van der Waals surface area contributed by atoms with Crippen LogP contribution in [-0.2, 0) is 6.42 Å².